The van der Waals surface area contributed by atoms with Gasteiger partial charge in [0.05, 0.1) is 6.54 Å². The van der Waals surface area contributed by atoms with Gasteiger partial charge >= 0.3 is 0 Å². The van der Waals surface area contributed by atoms with Crippen LogP contribution in [-0.2, 0) is 6.54 Å². The van der Waals surface area contributed by atoms with Crippen LogP contribution in [0, 0.1) is 27.7 Å². The van der Waals surface area contributed by atoms with Gasteiger partial charge in [-0.15, -0.1) is 0 Å². The molecule has 0 aliphatic rings. The van der Waals surface area contributed by atoms with E-state index in [1.807, 2.05) is 6.92 Å². The third-order valence-electron chi connectivity index (χ3n) is 2.90. The van der Waals surface area contributed by atoms with Crippen molar-refractivity contribution in [2.45, 2.75) is 34.2 Å². The van der Waals surface area contributed by atoms with Crippen LogP contribution >= 0.6 is 0 Å². The summed E-state index contributed by atoms with van der Waals surface area (Å²) in [6, 6.07) is 4.32. The Hall–Kier alpha value is -1.61. The highest BCUT2D eigenvalue weighted by Gasteiger charge is 2.16. The van der Waals surface area contributed by atoms with Crippen molar-refractivity contribution in [1.82, 2.24) is 4.98 Å². The Labute approximate surface area is 102 Å². The first-order valence-corrected chi connectivity index (χ1v) is 5.77. The number of aromatic nitrogens is 1. The molecule has 1 aromatic heterocycles. The van der Waals surface area contributed by atoms with Gasteiger partial charge in [-0.2, -0.15) is 0 Å². The number of hydrogen-bond donors (Lipinski definition) is 1. The third kappa shape index (κ3) is 2.11. The monoisotopic (exact) mass is 230 g/mol. The van der Waals surface area contributed by atoms with Gasteiger partial charge in [0, 0.05) is 12.5 Å². The molecule has 0 fully saturated rings. The summed E-state index contributed by atoms with van der Waals surface area (Å²) in [7, 11) is 0. The van der Waals surface area contributed by atoms with E-state index in [4.69, 9.17) is 10.2 Å². The van der Waals surface area contributed by atoms with E-state index >= 15 is 0 Å². The average Bonchev–Trinajstić information content (AvgIpc) is 2.58. The van der Waals surface area contributed by atoms with Crippen molar-refractivity contribution >= 4 is 0 Å². The molecule has 0 unspecified atom stereocenters. The molecular formula is C14H18N2O. The van der Waals surface area contributed by atoms with Crippen molar-refractivity contribution in [3.8, 4) is 11.3 Å². The molecule has 0 amide bonds. The Morgan fingerprint density at radius 2 is 1.71 bits per heavy atom. The summed E-state index contributed by atoms with van der Waals surface area (Å²) < 4.78 is 5.52. The van der Waals surface area contributed by atoms with E-state index in [1.165, 1.54) is 16.7 Å². The Bertz CT molecular complexity index is 532. The molecule has 0 saturated heterocycles. The highest BCUT2D eigenvalue weighted by molar-refractivity contribution is 5.69. The fourth-order valence-electron chi connectivity index (χ4n) is 2.36. The number of aryl methyl sites for hydroxylation is 4. The van der Waals surface area contributed by atoms with Gasteiger partial charge in [-0.05, 0) is 31.9 Å². The van der Waals surface area contributed by atoms with Crippen LogP contribution in [0.25, 0.3) is 11.3 Å². The molecule has 2 rings (SSSR count). The summed E-state index contributed by atoms with van der Waals surface area (Å²) in [6.07, 6.45) is 0. The lowest BCUT2D eigenvalue weighted by atomic mass is 9.96. The van der Waals surface area contributed by atoms with Gasteiger partial charge in [0.25, 0.3) is 0 Å². The van der Waals surface area contributed by atoms with Gasteiger partial charge in [0.2, 0.25) is 0 Å². The Morgan fingerprint density at radius 3 is 2.24 bits per heavy atom. The van der Waals surface area contributed by atoms with Crippen molar-refractivity contribution in [2.75, 3.05) is 0 Å². The molecule has 3 heteroatoms. The van der Waals surface area contributed by atoms with Crippen LogP contribution in [0.4, 0.5) is 0 Å². The smallest absolute Gasteiger partial charge is 0.191 e. The van der Waals surface area contributed by atoms with Crippen LogP contribution in [0.15, 0.2) is 16.5 Å². The van der Waals surface area contributed by atoms with Gasteiger partial charge in [0.15, 0.2) is 5.89 Å². The van der Waals surface area contributed by atoms with E-state index in [-0.39, 0.29) is 0 Å². The van der Waals surface area contributed by atoms with Crippen LogP contribution in [0.1, 0.15) is 28.3 Å². The standard InChI is InChI=1S/C14H18N2O/c1-8-5-9(2)13(10(3)6-8)14-12(7-15)17-11(4)16-14/h5-6H,7,15H2,1-4H3. The van der Waals surface area contributed by atoms with E-state index in [0.717, 1.165) is 17.0 Å². The lowest BCUT2D eigenvalue weighted by Crippen LogP contribution is -1.99. The van der Waals surface area contributed by atoms with Crippen LogP contribution in [0.5, 0.6) is 0 Å². The maximum absolute atomic E-state index is 5.70. The molecule has 1 aromatic carbocycles. The minimum atomic E-state index is 0.378. The number of nitrogens with zero attached hydrogens (tertiary/aromatic N) is 1. The Kier molecular flexibility index (Phi) is 3.03. The first-order chi connectivity index (χ1) is 8.02. The van der Waals surface area contributed by atoms with Crippen LogP contribution in [0.3, 0.4) is 0 Å². The number of benzene rings is 1. The van der Waals surface area contributed by atoms with Crippen molar-refractivity contribution in [1.29, 1.82) is 0 Å². The van der Waals surface area contributed by atoms with Gasteiger partial charge < -0.3 is 10.2 Å². The molecule has 0 bridgehead atoms. The second-order valence-electron chi connectivity index (χ2n) is 4.48. The maximum Gasteiger partial charge on any atom is 0.191 e. The first kappa shape index (κ1) is 11.9. The average molecular weight is 230 g/mol. The zero-order valence-electron chi connectivity index (χ0n) is 10.8. The summed E-state index contributed by atoms with van der Waals surface area (Å²) in [6.45, 7) is 8.52. The fourth-order valence-corrected chi connectivity index (χ4v) is 2.36. The summed E-state index contributed by atoms with van der Waals surface area (Å²) >= 11 is 0. The minimum Gasteiger partial charge on any atom is -0.444 e. The van der Waals surface area contributed by atoms with Gasteiger partial charge in [-0.25, -0.2) is 4.98 Å². The molecule has 0 aliphatic carbocycles. The van der Waals surface area contributed by atoms with Crippen molar-refractivity contribution in [2.24, 2.45) is 5.73 Å². The van der Waals surface area contributed by atoms with Crippen LogP contribution < -0.4 is 5.73 Å². The summed E-state index contributed by atoms with van der Waals surface area (Å²) in [5.41, 5.74) is 11.4. The summed E-state index contributed by atoms with van der Waals surface area (Å²) in [4.78, 5) is 4.46. The maximum atomic E-state index is 5.70. The number of oxazole rings is 1. The number of rotatable bonds is 2. The normalized spacial score (nSPS) is 10.9. The lowest BCUT2D eigenvalue weighted by Gasteiger charge is -2.09. The topological polar surface area (TPSA) is 52.0 Å². The first-order valence-electron chi connectivity index (χ1n) is 5.77. The van der Waals surface area contributed by atoms with E-state index < -0.39 is 0 Å². The van der Waals surface area contributed by atoms with Crippen molar-refractivity contribution < 1.29 is 4.42 Å². The molecule has 0 saturated carbocycles. The van der Waals surface area contributed by atoms with E-state index in [2.05, 4.69) is 37.9 Å². The molecule has 0 spiro atoms. The Balaban J connectivity index is 2.67. The van der Waals surface area contributed by atoms with E-state index in [1.54, 1.807) is 0 Å². The zero-order valence-corrected chi connectivity index (χ0v) is 10.8. The molecule has 2 N–H and O–H groups in total. The fraction of sp³-hybridized carbons (Fsp3) is 0.357. The molecule has 0 radical (unpaired) electrons. The second kappa shape index (κ2) is 4.34. The van der Waals surface area contributed by atoms with E-state index in [0.29, 0.717) is 12.4 Å². The SMILES string of the molecule is Cc1cc(C)c(-c2nc(C)oc2CN)c(C)c1. The highest BCUT2D eigenvalue weighted by Crippen LogP contribution is 2.30. The molecule has 17 heavy (non-hydrogen) atoms. The van der Waals surface area contributed by atoms with Crippen LogP contribution in [0.2, 0.25) is 0 Å². The third-order valence-corrected chi connectivity index (χ3v) is 2.90. The molecule has 3 nitrogen and oxygen atoms in total. The van der Waals surface area contributed by atoms with E-state index in [9.17, 15) is 0 Å². The summed E-state index contributed by atoms with van der Waals surface area (Å²) in [5.74, 6) is 1.43. The van der Waals surface area contributed by atoms with Gasteiger partial charge in [-0.1, -0.05) is 17.7 Å². The number of hydrogen-bond acceptors (Lipinski definition) is 3. The Morgan fingerprint density at radius 1 is 1.12 bits per heavy atom. The van der Waals surface area contributed by atoms with Gasteiger partial charge in [-0.3, -0.25) is 0 Å². The summed E-state index contributed by atoms with van der Waals surface area (Å²) in [5, 5.41) is 0. The zero-order chi connectivity index (χ0) is 12.6. The number of nitrogens with two attached hydrogens (primary N) is 1. The molecule has 2 aromatic rings. The molecule has 0 atom stereocenters. The predicted molar refractivity (Wildman–Crippen MR) is 68.8 cm³/mol. The lowest BCUT2D eigenvalue weighted by molar-refractivity contribution is 0.477. The molecule has 0 aliphatic heterocycles. The quantitative estimate of drug-likeness (QED) is 0.862. The molecule has 90 valence electrons. The minimum absolute atomic E-state index is 0.378. The largest absolute Gasteiger partial charge is 0.444 e. The van der Waals surface area contributed by atoms with Crippen LogP contribution in [-0.4, -0.2) is 4.98 Å². The molecular weight excluding hydrogens is 212 g/mol. The van der Waals surface area contributed by atoms with Crippen molar-refractivity contribution in [3.05, 3.63) is 40.5 Å². The predicted octanol–water partition coefficient (Wildman–Crippen LogP) is 3.03. The van der Waals surface area contributed by atoms with Gasteiger partial charge in [0.1, 0.15) is 11.5 Å². The van der Waals surface area contributed by atoms with Crippen molar-refractivity contribution in [3.63, 3.8) is 0 Å². The highest BCUT2D eigenvalue weighted by atomic mass is 16.4. The second-order valence-corrected chi connectivity index (χ2v) is 4.48. The molecule has 1 heterocycles.